The Hall–Kier alpha value is -1.52. The van der Waals surface area contributed by atoms with Crippen molar-refractivity contribution in [2.24, 2.45) is 5.41 Å². The molecule has 0 aliphatic heterocycles. The Bertz CT molecular complexity index is 370. The third-order valence-electron chi connectivity index (χ3n) is 3.31. The van der Waals surface area contributed by atoms with E-state index in [1.807, 2.05) is 0 Å². The lowest BCUT2D eigenvalue weighted by Gasteiger charge is -2.26. The van der Waals surface area contributed by atoms with Gasteiger partial charge >= 0.3 is 5.95 Å². The standard InChI is InChI=1S/C12H20N2O3/c1-5-12(3,6-2)8-13-11(15)9-7-10(16-4)17-14-9/h7H,5-6,8H2,1-4H3,(H,13,15). The van der Waals surface area contributed by atoms with Gasteiger partial charge in [0.1, 0.15) is 0 Å². The Morgan fingerprint density at radius 2 is 2.18 bits per heavy atom. The van der Waals surface area contributed by atoms with Crippen molar-refractivity contribution >= 4 is 5.91 Å². The third kappa shape index (κ3) is 3.47. The van der Waals surface area contributed by atoms with E-state index in [0.717, 1.165) is 12.8 Å². The molecule has 0 spiro atoms. The highest BCUT2D eigenvalue weighted by Crippen LogP contribution is 2.24. The smallest absolute Gasteiger partial charge is 0.311 e. The zero-order valence-corrected chi connectivity index (χ0v) is 10.9. The van der Waals surface area contributed by atoms with E-state index in [4.69, 9.17) is 9.26 Å². The zero-order chi connectivity index (χ0) is 12.9. The fourth-order valence-electron chi connectivity index (χ4n) is 1.35. The Labute approximate surface area is 102 Å². The molecule has 0 aliphatic rings. The number of amides is 1. The maximum absolute atomic E-state index is 11.8. The first-order valence-electron chi connectivity index (χ1n) is 5.83. The van der Waals surface area contributed by atoms with Gasteiger partial charge < -0.3 is 14.6 Å². The number of carbonyl (C=O) groups is 1. The lowest BCUT2D eigenvalue weighted by atomic mass is 9.85. The lowest BCUT2D eigenvalue weighted by molar-refractivity contribution is 0.0921. The minimum absolute atomic E-state index is 0.128. The van der Waals surface area contributed by atoms with Crippen molar-refractivity contribution in [2.45, 2.75) is 33.6 Å². The molecular weight excluding hydrogens is 220 g/mol. The summed E-state index contributed by atoms with van der Waals surface area (Å²) < 4.78 is 9.61. The molecule has 1 aromatic heterocycles. The fourth-order valence-corrected chi connectivity index (χ4v) is 1.35. The Morgan fingerprint density at radius 1 is 1.53 bits per heavy atom. The van der Waals surface area contributed by atoms with Gasteiger partial charge in [0, 0.05) is 6.54 Å². The second kappa shape index (κ2) is 5.70. The Balaban J connectivity index is 2.55. The van der Waals surface area contributed by atoms with E-state index in [9.17, 15) is 4.79 Å². The van der Waals surface area contributed by atoms with Crippen LogP contribution in [0, 0.1) is 5.41 Å². The predicted molar refractivity (Wildman–Crippen MR) is 64.1 cm³/mol. The van der Waals surface area contributed by atoms with Gasteiger partial charge in [-0.1, -0.05) is 25.9 Å². The molecule has 0 fully saturated rings. The maximum atomic E-state index is 11.8. The minimum atomic E-state index is -0.231. The number of nitrogens with one attached hydrogen (secondary N) is 1. The molecule has 5 nitrogen and oxygen atoms in total. The molecule has 1 rings (SSSR count). The van der Waals surface area contributed by atoms with Crippen LogP contribution in [0.5, 0.6) is 5.95 Å². The molecule has 0 aliphatic carbocycles. The van der Waals surface area contributed by atoms with E-state index in [-0.39, 0.29) is 23.0 Å². The number of aromatic nitrogens is 1. The second-order valence-corrected chi connectivity index (χ2v) is 4.44. The number of hydrogen-bond acceptors (Lipinski definition) is 4. The summed E-state index contributed by atoms with van der Waals surface area (Å²) in [4.78, 5) is 11.8. The van der Waals surface area contributed by atoms with Gasteiger partial charge in [-0.15, -0.1) is 0 Å². The van der Waals surface area contributed by atoms with Crippen molar-refractivity contribution in [2.75, 3.05) is 13.7 Å². The number of hydrogen-bond donors (Lipinski definition) is 1. The summed E-state index contributed by atoms with van der Waals surface area (Å²) in [6.07, 6.45) is 2.04. The summed E-state index contributed by atoms with van der Waals surface area (Å²) in [5.41, 5.74) is 0.375. The molecule has 1 amide bonds. The summed E-state index contributed by atoms with van der Waals surface area (Å²) in [5.74, 6) is 0.00840. The van der Waals surface area contributed by atoms with Gasteiger partial charge in [-0.3, -0.25) is 4.79 Å². The van der Waals surface area contributed by atoms with Crippen molar-refractivity contribution < 1.29 is 14.1 Å². The Kier molecular flexibility index (Phi) is 4.54. The molecule has 1 heterocycles. The van der Waals surface area contributed by atoms with Crippen LogP contribution in [0.15, 0.2) is 10.6 Å². The van der Waals surface area contributed by atoms with Gasteiger partial charge in [-0.25, -0.2) is 0 Å². The highest BCUT2D eigenvalue weighted by atomic mass is 16.6. The van der Waals surface area contributed by atoms with Crippen LogP contribution in [0.4, 0.5) is 0 Å². The molecule has 0 saturated carbocycles. The first-order valence-corrected chi connectivity index (χ1v) is 5.83. The third-order valence-corrected chi connectivity index (χ3v) is 3.31. The second-order valence-electron chi connectivity index (χ2n) is 4.44. The summed E-state index contributed by atoms with van der Waals surface area (Å²) in [5, 5.41) is 6.49. The molecule has 17 heavy (non-hydrogen) atoms. The predicted octanol–water partition coefficient (Wildman–Crippen LogP) is 2.24. The Morgan fingerprint density at radius 3 is 2.65 bits per heavy atom. The van der Waals surface area contributed by atoms with E-state index in [1.54, 1.807) is 0 Å². The van der Waals surface area contributed by atoms with Crippen molar-refractivity contribution in [3.8, 4) is 5.95 Å². The average molecular weight is 240 g/mol. The number of nitrogens with zero attached hydrogens (tertiary/aromatic N) is 1. The largest absolute Gasteiger partial charge is 0.467 e. The SMILES string of the molecule is CCC(C)(CC)CNC(=O)c1cc(OC)on1. The van der Waals surface area contributed by atoms with Crippen LogP contribution in [-0.4, -0.2) is 24.7 Å². The molecule has 1 N–H and O–H groups in total. The molecule has 0 radical (unpaired) electrons. The van der Waals surface area contributed by atoms with E-state index >= 15 is 0 Å². The summed E-state index contributed by atoms with van der Waals surface area (Å²) >= 11 is 0. The van der Waals surface area contributed by atoms with Crippen LogP contribution < -0.4 is 10.1 Å². The number of carbonyl (C=O) groups excluding carboxylic acids is 1. The van der Waals surface area contributed by atoms with E-state index in [0.29, 0.717) is 6.54 Å². The van der Waals surface area contributed by atoms with E-state index in [2.05, 4.69) is 31.2 Å². The highest BCUT2D eigenvalue weighted by molar-refractivity contribution is 5.92. The van der Waals surface area contributed by atoms with E-state index in [1.165, 1.54) is 13.2 Å². The van der Waals surface area contributed by atoms with Crippen LogP contribution in [-0.2, 0) is 0 Å². The van der Waals surface area contributed by atoms with Crippen LogP contribution in [0.25, 0.3) is 0 Å². The van der Waals surface area contributed by atoms with Crippen molar-refractivity contribution in [1.29, 1.82) is 0 Å². The fraction of sp³-hybridized carbons (Fsp3) is 0.667. The maximum Gasteiger partial charge on any atom is 0.311 e. The molecule has 0 atom stereocenters. The van der Waals surface area contributed by atoms with Gasteiger partial charge in [0.15, 0.2) is 5.69 Å². The van der Waals surface area contributed by atoms with Crippen molar-refractivity contribution in [1.82, 2.24) is 10.5 Å². The minimum Gasteiger partial charge on any atom is -0.467 e. The zero-order valence-electron chi connectivity index (χ0n) is 10.9. The van der Waals surface area contributed by atoms with Crippen LogP contribution >= 0.6 is 0 Å². The highest BCUT2D eigenvalue weighted by Gasteiger charge is 2.21. The molecule has 0 bridgehead atoms. The summed E-state index contributed by atoms with van der Waals surface area (Å²) in [7, 11) is 1.47. The molecule has 5 heteroatoms. The van der Waals surface area contributed by atoms with Crippen molar-refractivity contribution in [3.63, 3.8) is 0 Å². The van der Waals surface area contributed by atoms with Gasteiger partial charge in [-0.2, -0.15) is 0 Å². The lowest BCUT2D eigenvalue weighted by Crippen LogP contribution is -2.35. The van der Waals surface area contributed by atoms with Crippen LogP contribution in [0.2, 0.25) is 0 Å². The molecule has 0 aromatic carbocycles. The quantitative estimate of drug-likeness (QED) is 0.828. The normalized spacial score (nSPS) is 11.3. The average Bonchev–Trinajstić information content (AvgIpc) is 2.84. The molecule has 96 valence electrons. The van der Waals surface area contributed by atoms with Gasteiger partial charge in [0.05, 0.1) is 13.2 Å². The van der Waals surface area contributed by atoms with Gasteiger partial charge in [0.25, 0.3) is 5.91 Å². The molecular formula is C12H20N2O3. The summed E-state index contributed by atoms with van der Waals surface area (Å²) in [6, 6.07) is 1.48. The molecule has 0 unspecified atom stereocenters. The topological polar surface area (TPSA) is 64.4 Å². The van der Waals surface area contributed by atoms with Crippen LogP contribution in [0.3, 0.4) is 0 Å². The van der Waals surface area contributed by atoms with E-state index < -0.39 is 0 Å². The molecule has 0 saturated heterocycles. The number of methoxy groups -OCH3 is 1. The monoisotopic (exact) mass is 240 g/mol. The van der Waals surface area contributed by atoms with Gasteiger partial charge in [-0.05, 0) is 18.3 Å². The van der Waals surface area contributed by atoms with Crippen molar-refractivity contribution in [3.05, 3.63) is 11.8 Å². The first kappa shape index (κ1) is 13.5. The first-order chi connectivity index (χ1) is 8.04. The van der Waals surface area contributed by atoms with Gasteiger partial charge in [0.2, 0.25) is 0 Å². The number of rotatable bonds is 6. The number of ether oxygens (including phenoxy) is 1. The van der Waals surface area contributed by atoms with Crippen LogP contribution in [0.1, 0.15) is 44.1 Å². The molecule has 1 aromatic rings. The summed E-state index contributed by atoms with van der Waals surface area (Å²) in [6.45, 7) is 7.02.